The molecule has 1 aromatic carbocycles. The highest BCUT2D eigenvalue weighted by molar-refractivity contribution is 5.78. The Hall–Kier alpha value is -5.02. The van der Waals surface area contributed by atoms with Gasteiger partial charge in [0.1, 0.15) is 11.6 Å². The molecular weight excluding hydrogens is 610 g/mol. The normalized spacial score (nSPS) is 18.2. The molecule has 2 aliphatic rings. The number of nitrogens with zero attached hydrogens (tertiary/aromatic N) is 5. The number of imidazole rings is 1. The lowest BCUT2D eigenvalue weighted by molar-refractivity contribution is -0.143. The van der Waals surface area contributed by atoms with Gasteiger partial charge in [0.15, 0.2) is 40.7 Å². The zero-order valence-electron chi connectivity index (χ0n) is 24.5. The summed E-state index contributed by atoms with van der Waals surface area (Å²) in [5, 5.41) is 6.94. The van der Waals surface area contributed by atoms with Gasteiger partial charge in [-0.2, -0.15) is 18.3 Å². The summed E-state index contributed by atoms with van der Waals surface area (Å²) in [7, 11) is 0. The van der Waals surface area contributed by atoms with E-state index in [0.29, 0.717) is 30.8 Å². The van der Waals surface area contributed by atoms with Gasteiger partial charge in [0.2, 0.25) is 0 Å². The van der Waals surface area contributed by atoms with Gasteiger partial charge in [-0.15, -0.1) is 0 Å². The van der Waals surface area contributed by atoms with Crippen molar-refractivity contribution in [2.75, 3.05) is 18.5 Å². The second kappa shape index (κ2) is 11.4. The zero-order chi connectivity index (χ0) is 32.2. The number of pyridine rings is 2. The lowest BCUT2D eigenvalue weighted by Crippen LogP contribution is -2.18. The first-order valence-electron chi connectivity index (χ1n) is 14.5. The van der Waals surface area contributed by atoms with Crippen LogP contribution in [0.5, 0.6) is 11.5 Å². The number of aromatic nitrogens is 6. The number of fused-ring (bicyclic) bond motifs is 1. The van der Waals surface area contributed by atoms with Gasteiger partial charge >= 0.3 is 11.9 Å². The predicted octanol–water partition coefficient (Wildman–Crippen LogP) is 6.15. The van der Waals surface area contributed by atoms with Gasteiger partial charge < -0.3 is 19.5 Å². The molecule has 0 radical (unpaired) electrons. The smallest absolute Gasteiger partial charge is 0.433 e. The molecule has 6 heterocycles. The highest BCUT2D eigenvalue weighted by Crippen LogP contribution is 2.46. The number of epoxide rings is 1. The van der Waals surface area contributed by atoms with E-state index < -0.39 is 30.0 Å². The van der Waals surface area contributed by atoms with Crippen molar-refractivity contribution in [1.82, 2.24) is 29.3 Å². The third kappa shape index (κ3) is 5.51. The molecule has 4 aromatic heterocycles. The molecule has 0 spiro atoms. The number of hydrogen-bond acceptors (Lipinski definition) is 8. The summed E-state index contributed by atoms with van der Waals surface area (Å²) in [6.45, 7) is 4.61. The summed E-state index contributed by atoms with van der Waals surface area (Å²) in [6, 6.07) is 8.64. The summed E-state index contributed by atoms with van der Waals surface area (Å²) >= 11 is 0. The summed E-state index contributed by atoms with van der Waals surface area (Å²) in [5.74, 6) is -0.621. The number of H-pyrrole nitrogens is 1. The van der Waals surface area contributed by atoms with E-state index in [9.17, 15) is 18.0 Å². The molecule has 2 atom stereocenters. The lowest BCUT2D eigenvalue weighted by Gasteiger charge is -2.15. The van der Waals surface area contributed by atoms with Crippen molar-refractivity contribution < 1.29 is 31.8 Å². The minimum atomic E-state index is -4.76. The molecule has 0 amide bonds. The molecule has 2 N–H and O–H groups in total. The first kappa shape index (κ1) is 29.7. The summed E-state index contributed by atoms with van der Waals surface area (Å²) in [6.07, 6.45) is -0.0934. The Morgan fingerprint density at radius 2 is 1.93 bits per heavy atom. The number of aromatic amines is 1. The van der Waals surface area contributed by atoms with Crippen LogP contribution in [0, 0.1) is 5.82 Å². The minimum absolute atomic E-state index is 0.0165. The van der Waals surface area contributed by atoms with Crippen LogP contribution in [-0.2, 0) is 15.7 Å². The summed E-state index contributed by atoms with van der Waals surface area (Å²) < 4.78 is 77.3. The van der Waals surface area contributed by atoms with E-state index >= 15 is 4.39 Å². The van der Waals surface area contributed by atoms with Crippen molar-refractivity contribution in [3.63, 3.8) is 0 Å². The van der Waals surface area contributed by atoms with Gasteiger partial charge in [0, 0.05) is 41.8 Å². The van der Waals surface area contributed by atoms with E-state index in [2.05, 4.69) is 25.4 Å². The molecule has 2 aliphatic heterocycles. The van der Waals surface area contributed by atoms with E-state index in [1.165, 1.54) is 35.2 Å². The van der Waals surface area contributed by atoms with Crippen LogP contribution in [0.1, 0.15) is 49.2 Å². The van der Waals surface area contributed by atoms with E-state index in [-0.39, 0.29) is 40.3 Å². The molecule has 0 bridgehead atoms. The number of anilines is 1. The van der Waals surface area contributed by atoms with E-state index in [1.807, 2.05) is 19.9 Å². The average Bonchev–Trinajstić information content (AvgIpc) is 3.46. The molecule has 1 fully saturated rings. The van der Waals surface area contributed by atoms with Gasteiger partial charge in [-0.3, -0.25) is 9.55 Å². The highest BCUT2D eigenvalue weighted by atomic mass is 19.4. The molecule has 5 aromatic rings. The van der Waals surface area contributed by atoms with Gasteiger partial charge in [0.25, 0.3) is 0 Å². The molecule has 11 nitrogen and oxygen atoms in total. The maximum atomic E-state index is 15.2. The zero-order valence-corrected chi connectivity index (χ0v) is 24.5. The number of ether oxygens (including phenoxy) is 3. The fourth-order valence-corrected chi connectivity index (χ4v) is 5.56. The maximum Gasteiger partial charge on any atom is 0.433 e. The van der Waals surface area contributed by atoms with Crippen LogP contribution in [0.15, 0.2) is 65.9 Å². The molecule has 2 unspecified atom stereocenters. The molecular formula is C31H27F4N7O4. The third-order valence-corrected chi connectivity index (χ3v) is 7.71. The Morgan fingerprint density at radius 1 is 1.11 bits per heavy atom. The predicted molar refractivity (Wildman–Crippen MR) is 158 cm³/mol. The first-order chi connectivity index (χ1) is 22.1. The molecule has 0 aliphatic carbocycles. The van der Waals surface area contributed by atoms with Crippen molar-refractivity contribution in [2.24, 2.45) is 0 Å². The number of alkyl halides is 3. The van der Waals surface area contributed by atoms with Gasteiger partial charge in [-0.25, -0.2) is 23.8 Å². The molecule has 15 heteroatoms. The molecule has 1 saturated heterocycles. The van der Waals surface area contributed by atoms with Crippen LogP contribution >= 0.6 is 0 Å². The van der Waals surface area contributed by atoms with Crippen molar-refractivity contribution in [3.05, 3.63) is 94.2 Å². The quantitative estimate of drug-likeness (QED) is 0.153. The maximum absolute atomic E-state index is 15.2. The number of hydrogen-bond donors (Lipinski definition) is 2. The fourth-order valence-electron chi connectivity index (χ4n) is 5.56. The third-order valence-electron chi connectivity index (χ3n) is 7.71. The second-order valence-corrected chi connectivity index (χ2v) is 11.1. The van der Waals surface area contributed by atoms with Crippen molar-refractivity contribution in [2.45, 2.75) is 44.8 Å². The van der Waals surface area contributed by atoms with Crippen LogP contribution < -0.4 is 15.7 Å². The number of nitrogens with one attached hydrogen (secondary N) is 2. The summed E-state index contributed by atoms with van der Waals surface area (Å²) in [5.41, 5.74) is 1.11. The second-order valence-electron chi connectivity index (χ2n) is 11.1. The van der Waals surface area contributed by atoms with Gasteiger partial charge in [0.05, 0.1) is 19.4 Å². The highest BCUT2D eigenvalue weighted by Gasteiger charge is 2.49. The SMILES string of the molecule is CC(C)n1c(=O)[nH]c2nccc(Oc3ccc(NC4OC4c4cnn(-c5cc(C6=CCOCC6)ccn5)c4C(F)(F)F)cc3F)c21. The fraction of sp³-hybridized carbons (Fsp3) is 0.290. The number of benzene rings is 1. The largest absolute Gasteiger partial charge is 0.452 e. The first-order valence-corrected chi connectivity index (χ1v) is 14.5. The van der Waals surface area contributed by atoms with Crippen molar-refractivity contribution >= 4 is 22.4 Å². The molecule has 46 heavy (non-hydrogen) atoms. The Labute approximate surface area is 258 Å². The molecule has 238 valence electrons. The molecule has 7 rings (SSSR count). The van der Waals surface area contributed by atoms with E-state index in [0.717, 1.165) is 28.1 Å². The topological polar surface area (TPSA) is 124 Å². The Balaban J connectivity index is 1.10. The van der Waals surface area contributed by atoms with Gasteiger partial charge in [-0.1, -0.05) is 6.08 Å². The monoisotopic (exact) mass is 637 g/mol. The van der Waals surface area contributed by atoms with Crippen molar-refractivity contribution in [1.29, 1.82) is 0 Å². The number of rotatable bonds is 8. The minimum Gasteiger partial charge on any atom is -0.452 e. The molecule has 0 saturated carbocycles. The van der Waals surface area contributed by atoms with Crippen LogP contribution in [0.25, 0.3) is 22.6 Å². The Bertz CT molecular complexity index is 2030. The van der Waals surface area contributed by atoms with Crippen LogP contribution in [0.3, 0.4) is 0 Å². The van der Waals surface area contributed by atoms with Crippen LogP contribution in [0.4, 0.5) is 23.2 Å². The van der Waals surface area contributed by atoms with E-state index in [4.69, 9.17) is 14.2 Å². The standard InChI is InChI=1S/C31H27F4N7O4/c1-16(2)41-25-23(6-10-37-28(25)40-30(41)43)45-22-4-3-19(14-21(22)32)39-29-26(46-29)20-15-38-42(27(20)31(33,34)35)24-13-18(5-9-36-24)17-7-11-44-12-8-17/h3-7,9-10,13-16,26,29,39H,8,11-12H2,1-2H3,(H,37,40,43). The Kier molecular flexibility index (Phi) is 7.36. The van der Waals surface area contributed by atoms with Crippen LogP contribution in [0.2, 0.25) is 0 Å². The van der Waals surface area contributed by atoms with Gasteiger partial charge in [-0.05, 0) is 55.7 Å². The summed E-state index contributed by atoms with van der Waals surface area (Å²) in [4.78, 5) is 23.4. The Morgan fingerprint density at radius 3 is 2.67 bits per heavy atom. The van der Waals surface area contributed by atoms with Crippen molar-refractivity contribution in [3.8, 4) is 17.3 Å². The lowest BCUT2D eigenvalue weighted by atomic mass is 10.0. The van der Waals surface area contributed by atoms with Crippen LogP contribution in [-0.4, -0.2) is 48.7 Å². The van der Waals surface area contributed by atoms with E-state index in [1.54, 1.807) is 12.1 Å². The average molecular weight is 638 g/mol. The number of halogens is 4.